The van der Waals surface area contributed by atoms with Crippen LogP contribution in [0.2, 0.25) is 0 Å². The zero-order valence-electron chi connectivity index (χ0n) is 28.5. The van der Waals surface area contributed by atoms with E-state index in [1.807, 2.05) is 0 Å². The summed E-state index contributed by atoms with van der Waals surface area (Å²) in [7, 11) is 25.0. The molecule has 0 saturated carbocycles. The predicted molar refractivity (Wildman–Crippen MR) is 150 cm³/mol. The van der Waals surface area contributed by atoms with Gasteiger partial charge in [0, 0.05) is 39.3 Å². The smallest absolute Gasteiger partial charge is 0.358 e. The Kier molecular flexibility index (Phi) is 148. The molecular weight excluding hydrogens is 482 g/mol. The van der Waals surface area contributed by atoms with Crippen molar-refractivity contribution in [2.24, 2.45) is 0 Å². The molecule has 0 radical (unpaired) electrons. The van der Waals surface area contributed by atoms with Crippen molar-refractivity contribution < 1.29 is 89.3 Å². The van der Waals surface area contributed by atoms with Crippen LogP contribution in [-0.2, 0) is 32.7 Å². The molecule has 0 amide bonds. The molecule has 0 aromatic rings. The van der Waals surface area contributed by atoms with E-state index >= 15 is 0 Å². The predicted octanol–water partition coefficient (Wildman–Crippen LogP) is -5.96. The van der Waals surface area contributed by atoms with Gasteiger partial charge >= 0.3 is 89.3 Å². The first kappa shape index (κ1) is 83.3. The van der Waals surface area contributed by atoms with Crippen molar-refractivity contribution in [2.45, 2.75) is 0 Å². The Balaban J connectivity index is -0.0000000154. The third-order valence-electron chi connectivity index (χ3n) is 2.98. The van der Waals surface area contributed by atoms with Gasteiger partial charge in [-0.1, -0.05) is 0 Å². The average molecular weight is 549 g/mol. The van der Waals surface area contributed by atoms with Gasteiger partial charge in [0.1, 0.15) is 0 Å². The van der Waals surface area contributed by atoms with Gasteiger partial charge in [0.15, 0.2) is 0 Å². The Morgan fingerprint density at radius 2 is 0.324 bits per heavy atom. The quantitative estimate of drug-likeness (QED) is 0.210. The van der Waals surface area contributed by atoms with Gasteiger partial charge in [-0.05, 0) is 84.6 Å². The van der Waals surface area contributed by atoms with Crippen LogP contribution < -0.4 is 56.6 Å². The van der Waals surface area contributed by atoms with Crippen molar-refractivity contribution in [3.05, 3.63) is 44.6 Å². The Bertz CT molecular complexity index is 189. The summed E-state index contributed by atoms with van der Waals surface area (Å²) < 4.78 is 0. The Morgan fingerprint density at radius 3 is 0.353 bits per heavy atom. The minimum Gasteiger partial charge on any atom is -0.358 e. The molecule has 6 nitrogen and oxygen atoms in total. The second-order valence-electron chi connectivity index (χ2n) is 7.82. The molecule has 0 unspecified atom stereocenters. The largest absolute Gasteiger partial charge is 3.00 e. The molecule has 0 atom stereocenters. The fraction of sp³-hybridized carbons (Fsp3) is 0.750. The molecule has 0 heterocycles. The molecular formula is C24H66Li3N6Y. The molecule has 34 heavy (non-hydrogen) atoms. The van der Waals surface area contributed by atoms with E-state index in [1.54, 1.807) is 0 Å². The standard InChI is InChI=1S/3C6H16N2.6CH3.3Li.Y/c3*1-7(2)5-6-8(3)4;;;;;;;;;;/h3*5-6H2,1-4H3;6*1H3;;;;/q;;;6*-1;3*+1;+3. The Morgan fingerprint density at radius 1 is 0.265 bits per heavy atom. The number of hydrogen-bond donors (Lipinski definition) is 0. The fourth-order valence-corrected chi connectivity index (χ4v) is 1.20. The summed E-state index contributed by atoms with van der Waals surface area (Å²) in [6.45, 7) is 6.88. The van der Waals surface area contributed by atoms with Crippen LogP contribution in [0.1, 0.15) is 0 Å². The Labute approximate surface area is 284 Å². The van der Waals surface area contributed by atoms with Crippen LogP contribution in [0, 0.1) is 44.6 Å². The zero-order chi connectivity index (χ0) is 19.7. The maximum absolute atomic E-state index is 2.18. The van der Waals surface area contributed by atoms with E-state index in [-0.39, 0.29) is 134 Å². The van der Waals surface area contributed by atoms with Gasteiger partial charge in [-0.15, -0.1) is 0 Å². The fourth-order valence-electron chi connectivity index (χ4n) is 1.20. The van der Waals surface area contributed by atoms with Crippen LogP contribution in [-0.4, -0.2) is 153 Å². The zero-order valence-corrected chi connectivity index (χ0v) is 31.3. The number of hydrogen-bond acceptors (Lipinski definition) is 6. The van der Waals surface area contributed by atoms with E-state index in [4.69, 9.17) is 0 Å². The van der Waals surface area contributed by atoms with Gasteiger partial charge in [-0.2, -0.15) is 0 Å². The van der Waals surface area contributed by atoms with Crippen LogP contribution in [0.5, 0.6) is 0 Å². The second-order valence-corrected chi connectivity index (χ2v) is 7.82. The van der Waals surface area contributed by atoms with Crippen LogP contribution in [0.25, 0.3) is 0 Å². The van der Waals surface area contributed by atoms with Crippen LogP contribution >= 0.6 is 0 Å². The minimum absolute atomic E-state index is 0. The van der Waals surface area contributed by atoms with E-state index in [0.717, 1.165) is 39.3 Å². The van der Waals surface area contributed by atoms with Crippen molar-refractivity contribution in [3.8, 4) is 0 Å². The van der Waals surface area contributed by atoms with E-state index < -0.39 is 0 Å². The monoisotopic (exact) mass is 548 g/mol. The van der Waals surface area contributed by atoms with Gasteiger partial charge in [0.25, 0.3) is 0 Å². The molecule has 10 heteroatoms. The van der Waals surface area contributed by atoms with E-state index in [0.29, 0.717) is 0 Å². The van der Waals surface area contributed by atoms with Crippen molar-refractivity contribution in [1.29, 1.82) is 0 Å². The van der Waals surface area contributed by atoms with Gasteiger partial charge in [0.05, 0.1) is 0 Å². The maximum Gasteiger partial charge on any atom is 3.00 e. The molecule has 0 saturated heterocycles. The van der Waals surface area contributed by atoms with Crippen molar-refractivity contribution in [2.75, 3.05) is 124 Å². The first-order valence-electron chi connectivity index (χ1n) is 8.76. The van der Waals surface area contributed by atoms with Crippen molar-refractivity contribution >= 4 is 0 Å². The van der Waals surface area contributed by atoms with Crippen LogP contribution in [0.15, 0.2) is 0 Å². The Hall–Kier alpha value is 2.66. The van der Waals surface area contributed by atoms with Gasteiger partial charge in [-0.3, -0.25) is 0 Å². The average Bonchev–Trinajstić information content (AvgIpc) is 2.42. The summed E-state index contributed by atoms with van der Waals surface area (Å²) in [5.41, 5.74) is 0. The van der Waals surface area contributed by atoms with Crippen molar-refractivity contribution in [1.82, 2.24) is 29.4 Å². The summed E-state index contributed by atoms with van der Waals surface area (Å²) >= 11 is 0. The molecule has 0 aliphatic heterocycles. The first-order chi connectivity index (χ1) is 10.9. The third kappa shape index (κ3) is 126. The molecule has 0 aromatic heterocycles. The number of nitrogens with zero attached hydrogens (tertiary/aromatic N) is 6. The van der Waals surface area contributed by atoms with Gasteiger partial charge in [-0.25, -0.2) is 0 Å². The van der Waals surface area contributed by atoms with E-state index in [2.05, 4.69) is 114 Å². The summed E-state index contributed by atoms with van der Waals surface area (Å²) in [6, 6.07) is 0. The SMILES string of the molecule is CN(C)CCN(C)C.CN(C)CCN(C)C.CN(C)CCN(C)C.[CH3-].[CH3-].[CH3-].[CH3-].[CH3-].[CH3-].[Li+].[Li+].[Li+].[Y+3]. The molecule has 0 N–H and O–H groups in total. The minimum atomic E-state index is 0. The number of likely N-dealkylation sites (N-methyl/N-ethyl adjacent to an activating group) is 6. The summed E-state index contributed by atoms with van der Waals surface area (Å²) in [6.07, 6.45) is 0. The van der Waals surface area contributed by atoms with Crippen LogP contribution in [0.3, 0.4) is 0 Å². The second kappa shape index (κ2) is 60.3. The molecule has 198 valence electrons. The van der Waals surface area contributed by atoms with E-state index in [1.165, 1.54) is 0 Å². The van der Waals surface area contributed by atoms with E-state index in [9.17, 15) is 0 Å². The molecule has 0 aliphatic rings. The molecule has 0 fully saturated rings. The number of rotatable bonds is 9. The molecule has 0 bridgehead atoms. The van der Waals surface area contributed by atoms with Gasteiger partial charge < -0.3 is 74.0 Å². The molecule has 0 aliphatic carbocycles. The molecule has 0 rings (SSSR count). The van der Waals surface area contributed by atoms with Gasteiger partial charge in [0.2, 0.25) is 0 Å². The molecule has 0 aromatic carbocycles. The maximum atomic E-state index is 2.18. The summed E-state index contributed by atoms with van der Waals surface area (Å²) in [4.78, 5) is 13.1. The normalized spacial score (nSPS) is 7.94. The first-order valence-corrected chi connectivity index (χ1v) is 8.76. The van der Waals surface area contributed by atoms with Crippen LogP contribution in [0.4, 0.5) is 0 Å². The summed E-state index contributed by atoms with van der Waals surface area (Å²) in [5.74, 6) is 0. The van der Waals surface area contributed by atoms with Crippen molar-refractivity contribution in [3.63, 3.8) is 0 Å². The molecule has 0 spiro atoms. The third-order valence-corrected chi connectivity index (χ3v) is 2.98. The topological polar surface area (TPSA) is 19.4 Å². The summed E-state index contributed by atoms with van der Waals surface area (Å²) in [5, 5.41) is 0.